The van der Waals surface area contributed by atoms with Gasteiger partial charge in [0.2, 0.25) is 0 Å². The molecule has 3 rings (SSSR count). The lowest BCUT2D eigenvalue weighted by Gasteiger charge is -2.41. The number of aromatic hydroxyl groups is 1. The van der Waals surface area contributed by atoms with E-state index in [4.69, 9.17) is 11.6 Å². The zero-order chi connectivity index (χ0) is 18.4. The van der Waals surface area contributed by atoms with Gasteiger partial charge in [-0.3, -0.25) is 0 Å². The quantitative estimate of drug-likeness (QED) is 0.761. The van der Waals surface area contributed by atoms with Crippen LogP contribution in [0.1, 0.15) is 25.3 Å². The highest BCUT2D eigenvalue weighted by Gasteiger charge is 2.40. The molecule has 0 spiro atoms. The van der Waals surface area contributed by atoms with Crippen LogP contribution in [-0.4, -0.2) is 32.1 Å². The summed E-state index contributed by atoms with van der Waals surface area (Å²) in [6.45, 7) is 1.66. The monoisotopic (exact) mass is 373 g/mol. The summed E-state index contributed by atoms with van der Waals surface area (Å²) in [7, 11) is 0. The van der Waals surface area contributed by atoms with Gasteiger partial charge in [-0.05, 0) is 44.0 Å². The minimum absolute atomic E-state index is 0.0370. The Balaban J connectivity index is 1.96. The van der Waals surface area contributed by atoms with Crippen molar-refractivity contribution in [3.05, 3.63) is 34.9 Å². The lowest BCUT2D eigenvalue weighted by atomic mass is 9.77. The molecule has 1 fully saturated rings. The van der Waals surface area contributed by atoms with Crippen LogP contribution in [0.25, 0.3) is 11.3 Å². The van der Waals surface area contributed by atoms with Crippen molar-refractivity contribution in [2.45, 2.75) is 37.6 Å². The molecule has 0 bridgehead atoms. The molecule has 3 N–H and O–H groups in total. The first-order chi connectivity index (χ1) is 11.5. The fourth-order valence-electron chi connectivity index (χ4n) is 2.90. The maximum atomic E-state index is 13.4. The SMILES string of the molecule is CC1(O)CC(Nc2cc(C(F)(F)F)c(-c3ccc(Cl)cc3O)nn2)C1. The Labute approximate surface area is 146 Å². The lowest BCUT2D eigenvalue weighted by Crippen LogP contribution is -2.48. The van der Waals surface area contributed by atoms with Gasteiger partial charge in [-0.1, -0.05) is 11.6 Å². The van der Waals surface area contributed by atoms with Crippen molar-refractivity contribution < 1.29 is 23.4 Å². The van der Waals surface area contributed by atoms with Gasteiger partial charge >= 0.3 is 6.18 Å². The van der Waals surface area contributed by atoms with Crippen LogP contribution in [0.4, 0.5) is 19.0 Å². The number of nitrogens with zero attached hydrogens (tertiary/aromatic N) is 2. The minimum Gasteiger partial charge on any atom is -0.507 e. The largest absolute Gasteiger partial charge is 0.507 e. The highest BCUT2D eigenvalue weighted by molar-refractivity contribution is 6.30. The van der Waals surface area contributed by atoms with Crippen molar-refractivity contribution in [1.82, 2.24) is 10.2 Å². The molecule has 1 heterocycles. The molecule has 134 valence electrons. The molecule has 5 nitrogen and oxygen atoms in total. The van der Waals surface area contributed by atoms with Crippen LogP contribution in [0.2, 0.25) is 5.02 Å². The van der Waals surface area contributed by atoms with Crippen LogP contribution < -0.4 is 5.32 Å². The van der Waals surface area contributed by atoms with Crippen molar-refractivity contribution in [2.75, 3.05) is 5.32 Å². The molecule has 0 atom stereocenters. The van der Waals surface area contributed by atoms with E-state index in [-0.39, 0.29) is 22.4 Å². The number of hydrogen-bond acceptors (Lipinski definition) is 5. The minimum atomic E-state index is -4.68. The van der Waals surface area contributed by atoms with Gasteiger partial charge in [0.05, 0.1) is 11.2 Å². The van der Waals surface area contributed by atoms with Crippen molar-refractivity contribution in [1.29, 1.82) is 0 Å². The van der Waals surface area contributed by atoms with Crippen LogP contribution in [0.15, 0.2) is 24.3 Å². The average Bonchev–Trinajstić information content (AvgIpc) is 2.45. The number of phenolic OH excluding ortho intramolecular Hbond substituents is 1. The predicted molar refractivity (Wildman–Crippen MR) is 86.4 cm³/mol. The first kappa shape index (κ1) is 17.8. The summed E-state index contributed by atoms with van der Waals surface area (Å²) in [5.74, 6) is -0.451. The van der Waals surface area contributed by atoms with Crippen LogP contribution >= 0.6 is 11.6 Å². The molecule has 2 aromatic rings. The summed E-state index contributed by atoms with van der Waals surface area (Å²) < 4.78 is 40.3. The summed E-state index contributed by atoms with van der Waals surface area (Å²) >= 11 is 5.71. The zero-order valence-corrected chi connectivity index (χ0v) is 13.9. The molecule has 0 amide bonds. The van der Waals surface area contributed by atoms with E-state index in [0.717, 1.165) is 12.1 Å². The summed E-state index contributed by atoms with van der Waals surface area (Å²) in [5.41, 5.74) is -2.42. The first-order valence-electron chi connectivity index (χ1n) is 7.48. The maximum Gasteiger partial charge on any atom is 0.418 e. The number of aliphatic hydroxyl groups is 1. The van der Waals surface area contributed by atoms with Crippen molar-refractivity contribution >= 4 is 17.4 Å². The maximum absolute atomic E-state index is 13.4. The fraction of sp³-hybridized carbons (Fsp3) is 0.375. The van der Waals surface area contributed by atoms with Gasteiger partial charge in [-0.15, -0.1) is 10.2 Å². The average molecular weight is 374 g/mol. The Morgan fingerprint density at radius 2 is 1.92 bits per heavy atom. The number of benzene rings is 1. The number of halogens is 4. The summed E-state index contributed by atoms with van der Waals surface area (Å²) in [4.78, 5) is 0. The zero-order valence-electron chi connectivity index (χ0n) is 13.1. The molecule has 1 saturated carbocycles. The van der Waals surface area contributed by atoms with E-state index in [1.54, 1.807) is 6.92 Å². The van der Waals surface area contributed by atoms with E-state index < -0.39 is 28.8 Å². The molecule has 0 radical (unpaired) electrons. The molecule has 1 aromatic carbocycles. The molecule has 25 heavy (non-hydrogen) atoms. The topological polar surface area (TPSA) is 78.3 Å². The van der Waals surface area contributed by atoms with E-state index in [9.17, 15) is 23.4 Å². The number of alkyl halides is 3. The number of nitrogens with one attached hydrogen (secondary N) is 1. The summed E-state index contributed by atoms with van der Waals surface area (Å²) in [6.07, 6.45) is -3.86. The van der Waals surface area contributed by atoms with Gasteiger partial charge in [-0.25, -0.2) is 0 Å². The smallest absolute Gasteiger partial charge is 0.418 e. The second-order valence-corrected chi connectivity index (χ2v) is 6.83. The standard InChI is InChI=1S/C16H15ClF3N3O2/c1-15(25)6-9(7-15)21-13-5-11(16(18,19)20)14(23-22-13)10-3-2-8(17)4-12(10)24/h2-5,9,24-25H,6-7H2,1H3,(H,21,22). The first-order valence-corrected chi connectivity index (χ1v) is 7.86. The third kappa shape index (κ3) is 3.80. The van der Waals surface area contributed by atoms with Crippen LogP contribution in [-0.2, 0) is 6.18 Å². The van der Waals surface area contributed by atoms with E-state index >= 15 is 0 Å². The number of anilines is 1. The van der Waals surface area contributed by atoms with Gasteiger partial charge in [0.15, 0.2) is 0 Å². The predicted octanol–water partition coefficient (Wildman–Crippen LogP) is 3.85. The molecular formula is C16H15ClF3N3O2. The molecule has 9 heteroatoms. The number of phenols is 1. The van der Waals surface area contributed by atoms with Crippen LogP contribution in [0.3, 0.4) is 0 Å². The van der Waals surface area contributed by atoms with Gasteiger partial charge in [-0.2, -0.15) is 13.2 Å². The van der Waals surface area contributed by atoms with Crippen LogP contribution in [0.5, 0.6) is 5.75 Å². The molecular weight excluding hydrogens is 359 g/mol. The Morgan fingerprint density at radius 1 is 1.24 bits per heavy atom. The second-order valence-electron chi connectivity index (χ2n) is 6.40. The Bertz CT molecular complexity index is 804. The highest BCUT2D eigenvalue weighted by atomic mass is 35.5. The Hall–Kier alpha value is -2.06. The van der Waals surface area contributed by atoms with Gasteiger partial charge in [0.25, 0.3) is 0 Å². The third-order valence-corrected chi connectivity index (χ3v) is 4.27. The van der Waals surface area contributed by atoms with E-state index in [1.807, 2.05) is 0 Å². The van der Waals surface area contributed by atoms with Crippen molar-refractivity contribution in [2.24, 2.45) is 0 Å². The van der Waals surface area contributed by atoms with E-state index in [0.29, 0.717) is 12.8 Å². The number of hydrogen-bond donors (Lipinski definition) is 3. The van der Waals surface area contributed by atoms with Crippen molar-refractivity contribution in [3.8, 4) is 17.0 Å². The number of rotatable bonds is 3. The summed E-state index contributed by atoms with van der Waals surface area (Å²) in [5, 5.41) is 30.0. The van der Waals surface area contributed by atoms with E-state index in [1.165, 1.54) is 12.1 Å². The summed E-state index contributed by atoms with van der Waals surface area (Å²) in [6, 6.07) is 4.44. The molecule has 0 saturated heterocycles. The number of aromatic nitrogens is 2. The van der Waals surface area contributed by atoms with Crippen molar-refractivity contribution in [3.63, 3.8) is 0 Å². The highest BCUT2D eigenvalue weighted by Crippen LogP contribution is 2.41. The molecule has 1 aliphatic carbocycles. The molecule has 0 unspecified atom stereocenters. The second kappa shape index (κ2) is 6.03. The van der Waals surface area contributed by atoms with Gasteiger partial charge < -0.3 is 15.5 Å². The van der Waals surface area contributed by atoms with E-state index in [2.05, 4.69) is 15.5 Å². The van der Waals surface area contributed by atoms with Gasteiger partial charge in [0.1, 0.15) is 17.3 Å². The molecule has 1 aliphatic rings. The Kier molecular flexibility index (Phi) is 4.28. The third-order valence-electron chi connectivity index (χ3n) is 4.04. The molecule has 1 aromatic heterocycles. The fourth-order valence-corrected chi connectivity index (χ4v) is 3.06. The Morgan fingerprint density at radius 3 is 2.48 bits per heavy atom. The van der Waals surface area contributed by atoms with Gasteiger partial charge in [0, 0.05) is 16.6 Å². The van der Waals surface area contributed by atoms with Crippen LogP contribution in [0, 0.1) is 0 Å². The molecule has 0 aliphatic heterocycles. The lowest BCUT2D eigenvalue weighted by molar-refractivity contribution is -0.137. The normalized spacial score (nSPS) is 23.2.